The average molecular weight is 376 g/mol. The summed E-state index contributed by atoms with van der Waals surface area (Å²) in [7, 11) is 0. The third-order valence-electron chi connectivity index (χ3n) is 3.85. The van der Waals surface area contributed by atoms with Crippen LogP contribution in [0.3, 0.4) is 0 Å². The summed E-state index contributed by atoms with van der Waals surface area (Å²) in [6.45, 7) is 7.57. The molecule has 4 N–H and O–H groups in total. The van der Waals surface area contributed by atoms with Crippen LogP contribution in [0.25, 0.3) is 0 Å². The number of rotatable bonds is 6. The van der Waals surface area contributed by atoms with Gasteiger partial charge in [0.25, 0.3) is 0 Å². The number of nitrogens with one attached hydrogen (secondary N) is 2. The largest absolute Gasteiger partial charge is 0.494 e. The molecular formula is C20H26ClN3O2. The number of carbonyl (C=O) groups is 1. The Kier molecular flexibility index (Phi) is 6.75. The fraction of sp³-hybridized carbons (Fsp3) is 0.350. The van der Waals surface area contributed by atoms with Crippen LogP contribution in [0.1, 0.15) is 32.8 Å². The highest BCUT2D eigenvalue weighted by molar-refractivity contribution is 6.33. The van der Waals surface area contributed by atoms with E-state index in [0.717, 1.165) is 5.75 Å². The van der Waals surface area contributed by atoms with Crippen molar-refractivity contribution in [1.82, 2.24) is 5.32 Å². The number of amides is 2. The molecule has 0 aliphatic carbocycles. The lowest BCUT2D eigenvalue weighted by molar-refractivity contribution is 0.250. The summed E-state index contributed by atoms with van der Waals surface area (Å²) in [6.07, 6.45) is 0.705. The van der Waals surface area contributed by atoms with E-state index in [-0.39, 0.29) is 11.4 Å². The highest BCUT2D eigenvalue weighted by Gasteiger charge is 2.12. The maximum absolute atomic E-state index is 11.8. The number of hydrogen-bond donors (Lipinski definition) is 3. The predicted octanol–water partition coefficient (Wildman–Crippen LogP) is 4.81. The summed E-state index contributed by atoms with van der Waals surface area (Å²) in [5.74, 6) is 0.832. The van der Waals surface area contributed by atoms with Crippen LogP contribution < -0.4 is 21.1 Å². The minimum atomic E-state index is -0.291. The maximum atomic E-state index is 11.8. The van der Waals surface area contributed by atoms with Gasteiger partial charge < -0.3 is 21.1 Å². The molecule has 2 rings (SSSR count). The van der Waals surface area contributed by atoms with Gasteiger partial charge in [-0.05, 0) is 47.7 Å². The van der Waals surface area contributed by atoms with E-state index in [1.54, 1.807) is 18.2 Å². The molecule has 0 heterocycles. The zero-order chi connectivity index (χ0) is 19.2. The molecule has 0 saturated carbocycles. The molecule has 0 unspecified atom stereocenters. The van der Waals surface area contributed by atoms with Gasteiger partial charge in [0.15, 0.2) is 0 Å². The Morgan fingerprint density at radius 1 is 1.15 bits per heavy atom. The van der Waals surface area contributed by atoms with Gasteiger partial charge in [0.2, 0.25) is 0 Å². The van der Waals surface area contributed by atoms with E-state index in [1.165, 1.54) is 5.56 Å². The Balaban J connectivity index is 1.67. The molecular weight excluding hydrogens is 350 g/mol. The molecule has 0 radical (unpaired) electrons. The van der Waals surface area contributed by atoms with E-state index in [9.17, 15) is 4.79 Å². The summed E-state index contributed by atoms with van der Waals surface area (Å²) in [6, 6.07) is 12.8. The fourth-order valence-electron chi connectivity index (χ4n) is 2.30. The molecule has 5 nitrogen and oxygen atoms in total. The number of urea groups is 1. The molecule has 26 heavy (non-hydrogen) atoms. The number of hydrogen-bond acceptors (Lipinski definition) is 3. The van der Waals surface area contributed by atoms with Crippen molar-refractivity contribution in [3.63, 3.8) is 0 Å². The van der Waals surface area contributed by atoms with Crippen molar-refractivity contribution in [3.8, 4) is 5.75 Å². The monoisotopic (exact) mass is 375 g/mol. The minimum Gasteiger partial charge on any atom is -0.494 e. The molecule has 6 heteroatoms. The van der Waals surface area contributed by atoms with E-state index >= 15 is 0 Å². The molecule has 0 saturated heterocycles. The summed E-state index contributed by atoms with van der Waals surface area (Å²) in [5, 5.41) is 5.89. The van der Waals surface area contributed by atoms with Crippen molar-refractivity contribution in [3.05, 3.63) is 53.1 Å². The fourth-order valence-corrected chi connectivity index (χ4v) is 2.48. The Labute approximate surface area is 159 Å². The van der Waals surface area contributed by atoms with Crippen LogP contribution in [-0.4, -0.2) is 19.2 Å². The minimum absolute atomic E-state index is 0.129. The standard InChI is InChI=1S/C20H26ClN3O2/c1-20(2,3)14-5-8-16(9-6-14)26-12-4-11-23-19(25)24-15-7-10-18(22)17(21)13-15/h5-10,13H,4,11-12,22H2,1-3H3,(H2,23,24,25). The molecule has 140 valence electrons. The van der Waals surface area contributed by atoms with Crippen molar-refractivity contribution < 1.29 is 9.53 Å². The number of halogens is 1. The predicted molar refractivity (Wildman–Crippen MR) is 108 cm³/mol. The Bertz CT molecular complexity index is 740. The van der Waals surface area contributed by atoms with Crippen molar-refractivity contribution in [2.24, 2.45) is 0 Å². The molecule has 2 amide bonds. The third kappa shape index (κ3) is 6.15. The van der Waals surface area contributed by atoms with Gasteiger partial charge >= 0.3 is 6.03 Å². The highest BCUT2D eigenvalue weighted by atomic mass is 35.5. The zero-order valence-corrected chi connectivity index (χ0v) is 16.2. The lowest BCUT2D eigenvalue weighted by Crippen LogP contribution is -2.30. The van der Waals surface area contributed by atoms with E-state index < -0.39 is 0 Å². The van der Waals surface area contributed by atoms with Gasteiger partial charge in [-0.1, -0.05) is 44.5 Å². The summed E-state index contributed by atoms with van der Waals surface area (Å²) in [4.78, 5) is 11.8. The van der Waals surface area contributed by atoms with E-state index in [0.29, 0.717) is 36.0 Å². The van der Waals surface area contributed by atoms with Gasteiger partial charge in [0.05, 0.1) is 17.3 Å². The number of nitrogens with two attached hydrogens (primary N) is 1. The van der Waals surface area contributed by atoms with Crippen molar-refractivity contribution in [2.75, 3.05) is 24.2 Å². The number of nitrogen functional groups attached to an aromatic ring is 1. The molecule has 0 aliphatic heterocycles. The first-order valence-electron chi connectivity index (χ1n) is 8.59. The second-order valence-electron chi connectivity index (χ2n) is 7.09. The molecule has 0 atom stereocenters. The normalized spacial score (nSPS) is 11.1. The van der Waals surface area contributed by atoms with Crippen molar-refractivity contribution >= 4 is 29.0 Å². The SMILES string of the molecule is CC(C)(C)c1ccc(OCCCNC(=O)Nc2ccc(N)c(Cl)c2)cc1. The molecule has 0 aliphatic rings. The van der Waals surface area contributed by atoms with E-state index in [1.807, 2.05) is 12.1 Å². The summed E-state index contributed by atoms with van der Waals surface area (Å²) in [5.41, 5.74) is 8.11. The quantitative estimate of drug-likeness (QED) is 0.501. The molecule has 2 aromatic rings. The first-order valence-corrected chi connectivity index (χ1v) is 8.97. The van der Waals surface area contributed by atoms with Crippen LogP contribution >= 0.6 is 11.6 Å². The summed E-state index contributed by atoms with van der Waals surface area (Å²) < 4.78 is 5.70. The second kappa shape index (κ2) is 8.81. The van der Waals surface area contributed by atoms with Crippen LogP contribution in [0.15, 0.2) is 42.5 Å². The lowest BCUT2D eigenvalue weighted by atomic mass is 9.87. The van der Waals surface area contributed by atoms with Crippen molar-refractivity contribution in [1.29, 1.82) is 0 Å². The maximum Gasteiger partial charge on any atom is 0.319 e. The zero-order valence-electron chi connectivity index (χ0n) is 15.4. The molecule has 0 fully saturated rings. The molecule has 2 aromatic carbocycles. The second-order valence-corrected chi connectivity index (χ2v) is 7.50. The highest BCUT2D eigenvalue weighted by Crippen LogP contribution is 2.24. The number of benzene rings is 2. The van der Waals surface area contributed by atoms with Crippen LogP contribution in [0.2, 0.25) is 5.02 Å². The summed E-state index contributed by atoms with van der Waals surface area (Å²) >= 11 is 5.92. The number of carbonyl (C=O) groups excluding carboxylic acids is 1. The first kappa shape index (κ1) is 19.9. The van der Waals surface area contributed by atoms with Gasteiger partial charge in [0, 0.05) is 12.2 Å². The van der Waals surface area contributed by atoms with E-state index in [2.05, 4.69) is 43.5 Å². The van der Waals surface area contributed by atoms with Crippen LogP contribution in [-0.2, 0) is 5.41 Å². The lowest BCUT2D eigenvalue weighted by Gasteiger charge is -2.19. The number of ether oxygens (including phenoxy) is 1. The smallest absolute Gasteiger partial charge is 0.319 e. The van der Waals surface area contributed by atoms with Crippen LogP contribution in [0.5, 0.6) is 5.75 Å². The number of anilines is 2. The van der Waals surface area contributed by atoms with Crippen LogP contribution in [0.4, 0.5) is 16.2 Å². The average Bonchev–Trinajstić information content (AvgIpc) is 2.57. The Morgan fingerprint density at radius 2 is 1.85 bits per heavy atom. The van der Waals surface area contributed by atoms with E-state index in [4.69, 9.17) is 22.1 Å². The van der Waals surface area contributed by atoms with Crippen molar-refractivity contribution in [2.45, 2.75) is 32.6 Å². The first-order chi connectivity index (χ1) is 12.3. The Hall–Kier alpha value is -2.40. The molecule has 0 bridgehead atoms. The van der Waals surface area contributed by atoms with Gasteiger partial charge in [-0.2, -0.15) is 0 Å². The molecule has 0 spiro atoms. The Morgan fingerprint density at radius 3 is 2.46 bits per heavy atom. The van der Waals surface area contributed by atoms with Gasteiger partial charge in [-0.15, -0.1) is 0 Å². The van der Waals surface area contributed by atoms with Gasteiger partial charge in [-0.3, -0.25) is 0 Å². The van der Waals surface area contributed by atoms with Crippen LogP contribution in [0, 0.1) is 0 Å². The molecule has 0 aromatic heterocycles. The van der Waals surface area contributed by atoms with Gasteiger partial charge in [-0.25, -0.2) is 4.79 Å². The topological polar surface area (TPSA) is 76.4 Å². The third-order valence-corrected chi connectivity index (χ3v) is 4.18. The van der Waals surface area contributed by atoms with Gasteiger partial charge in [0.1, 0.15) is 5.75 Å².